The number of imidazole rings is 1. The number of unbranched alkanes of at least 4 members (excludes halogenated alkanes) is 1. The summed E-state index contributed by atoms with van der Waals surface area (Å²) in [7, 11) is 3.30. The Labute approximate surface area is 202 Å². The summed E-state index contributed by atoms with van der Waals surface area (Å²) in [6.07, 6.45) is 1.94. The van der Waals surface area contributed by atoms with Crippen molar-refractivity contribution in [2.24, 2.45) is 0 Å². The van der Waals surface area contributed by atoms with Crippen LogP contribution in [0.1, 0.15) is 39.2 Å². The lowest BCUT2D eigenvalue weighted by Crippen LogP contribution is -2.10. The smallest absolute Gasteiger partial charge is 0.161 e. The predicted molar refractivity (Wildman–Crippen MR) is 138 cm³/mol. The molecular weight excluding hydrogens is 424 g/mol. The van der Waals surface area contributed by atoms with Gasteiger partial charge >= 0.3 is 0 Å². The van der Waals surface area contributed by atoms with E-state index >= 15 is 0 Å². The Hall–Kier alpha value is -3.47. The minimum atomic E-state index is 0.151. The van der Waals surface area contributed by atoms with E-state index in [0.29, 0.717) is 18.1 Å². The highest BCUT2D eigenvalue weighted by Crippen LogP contribution is 2.33. The third kappa shape index (κ3) is 5.19. The quantitative estimate of drug-likeness (QED) is 0.257. The van der Waals surface area contributed by atoms with Crippen molar-refractivity contribution >= 4 is 11.0 Å². The van der Waals surface area contributed by atoms with E-state index in [0.717, 1.165) is 47.6 Å². The van der Waals surface area contributed by atoms with Gasteiger partial charge in [-0.3, -0.25) is 0 Å². The van der Waals surface area contributed by atoms with E-state index in [1.54, 1.807) is 14.2 Å². The minimum Gasteiger partial charge on any atom is -0.494 e. The lowest BCUT2D eigenvalue weighted by Gasteiger charge is -2.19. The summed E-state index contributed by atoms with van der Waals surface area (Å²) in [5.74, 6) is 3.26. The van der Waals surface area contributed by atoms with Gasteiger partial charge in [-0.05, 0) is 66.3 Å². The number of methoxy groups -OCH3 is 2. The van der Waals surface area contributed by atoms with Crippen molar-refractivity contribution < 1.29 is 14.2 Å². The second-order valence-electron chi connectivity index (χ2n) is 9.48. The first kappa shape index (κ1) is 23.7. The number of aromatic nitrogens is 2. The van der Waals surface area contributed by atoms with Gasteiger partial charge in [0.15, 0.2) is 11.5 Å². The van der Waals surface area contributed by atoms with Crippen molar-refractivity contribution in [1.82, 2.24) is 9.55 Å². The molecule has 0 saturated carbocycles. The van der Waals surface area contributed by atoms with Gasteiger partial charge in [-0.25, -0.2) is 4.98 Å². The zero-order chi connectivity index (χ0) is 24.1. The summed E-state index contributed by atoms with van der Waals surface area (Å²) in [6.45, 7) is 8.21. The highest BCUT2D eigenvalue weighted by molar-refractivity contribution is 5.81. The third-order valence-electron chi connectivity index (χ3n) is 6.06. The van der Waals surface area contributed by atoms with Gasteiger partial charge in [0.05, 0.1) is 31.9 Å². The maximum absolute atomic E-state index is 6.00. The van der Waals surface area contributed by atoms with Crippen LogP contribution in [0, 0.1) is 0 Å². The van der Waals surface area contributed by atoms with Gasteiger partial charge in [-0.1, -0.05) is 45.0 Å². The zero-order valence-electron chi connectivity index (χ0n) is 20.8. The van der Waals surface area contributed by atoms with E-state index in [9.17, 15) is 0 Å². The Morgan fingerprint density at radius 2 is 1.56 bits per heavy atom. The summed E-state index contributed by atoms with van der Waals surface area (Å²) >= 11 is 0. The molecule has 0 aliphatic rings. The molecule has 5 nitrogen and oxygen atoms in total. The molecule has 0 aliphatic carbocycles. The second kappa shape index (κ2) is 10.2. The topological polar surface area (TPSA) is 45.5 Å². The van der Waals surface area contributed by atoms with Crippen molar-refractivity contribution in [2.45, 2.75) is 45.6 Å². The van der Waals surface area contributed by atoms with Crippen LogP contribution >= 0.6 is 0 Å². The number of hydrogen-bond acceptors (Lipinski definition) is 4. The number of aryl methyl sites for hydroxylation is 1. The Balaban J connectivity index is 1.45. The fraction of sp³-hybridized carbons (Fsp3) is 0.345. The highest BCUT2D eigenvalue weighted by Gasteiger charge is 2.15. The molecule has 0 bridgehead atoms. The zero-order valence-corrected chi connectivity index (χ0v) is 20.8. The molecule has 4 rings (SSSR count). The molecule has 0 atom stereocenters. The van der Waals surface area contributed by atoms with Crippen molar-refractivity contribution in [2.75, 3.05) is 20.8 Å². The molecule has 0 fully saturated rings. The molecule has 0 radical (unpaired) electrons. The molecule has 0 amide bonds. The van der Waals surface area contributed by atoms with Gasteiger partial charge in [0.2, 0.25) is 0 Å². The maximum Gasteiger partial charge on any atom is 0.161 e. The molecule has 1 heterocycles. The van der Waals surface area contributed by atoms with Crippen LogP contribution in [0.3, 0.4) is 0 Å². The van der Waals surface area contributed by atoms with Crippen LogP contribution in [-0.4, -0.2) is 30.4 Å². The van der Waals surface area contributed by atoms with E-state index in [2.05, 4.69) is 67.8 Å². The molecular formula is C29H34N2O3. The van der Waals surface area contributed by atoms with Crippen LogP contribution in [0.2, 0.25) is 0 Å². The van der Waals surface area contributed by atoms with Crippen molar-refractivity contribution in [3.05, 3.63) is 72.3 Å². The maximum atomic E-state index is 6.00. The summed E-state index contributed by atoms with van der Waals surface area (Å²) in [5, 5.41) is 0. The molecule has 34 heavy (non-hydrogen) atoms. The molecule has 0 spiro atoms. The van der Waals surface area contributed by atoms with Gasteiger partial charge in [0, 0.05) is 12.1 Å². The fourth-order valence-electron chi connectivity index (χ4n) is 4.11. The van der Waals surface area contributed by atoms with Crippen LogP contribution in [-0.2, 0) is 12.0 Å². The summed E-state index contributed by atoms with van der Waals surface area (Å²) < 4.78 is 19.2. The molecule has 3 aromatic carbocycles. The summed E-state index contributed by atoms with van der Waals surface area (Å²) in [5.41, 5.74) is 4.59. The fourth-order valence-corrected chi connectivity index (χ4v) is 4.11. The molecule has 5 heteroatoms. The first-order valence-electron chi connectivity index (χ1n) is 11.8. The van der Waals surface area contributed by atoms with Gasteiger partial charge < -0.3 is 18.8 Å². The largest absolute Gasteiger partial charge is 0.494 e. The van der Waals surface area contributed by atoms with E-state index in [4.69, 9.17) is 19.2 Å². The standard InChI is InChI=1S/C29H34N2O3/c1-29(2,3)22-13-15-23(16-14-22)34-19-9-8-18-31-25-11-7-6-10-24(25)30-28(31)21-12-17-26(32-4)27(20-21)33-5/h6-7,10-17,20H,8-9,18-19H2,1-5H3. The average Bonchev–Trinajstić information content (AvgIpc) is 3.21. The van der Waals surface area contributed by atoms with E-state index in [1.165, 1.54) is 5.56 Å². The minimum absolute atomic E-state index is 0.151. The number of fused-ring (bicyclic) bond motifs is 1. The molecule has 4 aromatic rings. The van der Waals surface area contributed by atoms with E-state index in [1.807, 2.05) is 24.3 Å². The lowest BCUT2D eigenvalue weighted by atomic mass is 9.87. The molecule has 178 valence electrons. The van der Waals surface area contributed by atoms with Gasteiger partial charge in [-0.2, -0.15) is 0 Å². The van der Waals surface area contributed by atoms with Gasteiger partial charge in [0.25, 0.3) is 0 Å². The van der Waals surface area contributed by atoms with E-state index in [-0.39, 0.29) is 5.41 Å². The van der Waals surface area contributed by atoms with Gasteiger partial charge in [-0.15, -0.1) is 0 Å². The van der Waals surface area contributed by atoms with Crippen LogP contribution in [0.15, 0.2) is 66.7 Å². The predicted octanol–water partition coefficient (Wildman–Crippen LogP) is 6.88. The lowest BCUT2D eigenvalue weighted by molar-refractivity contribution is 0.303. The van der Waals surface area contributed by atoms with Crippen molar-refractivity contribution in [1.29, 1.82) is 0 Å². The van der Waals surface area contributed by atoms with Crippen LogP contribution < -0.4 is 14.2 Å². The number of ether oxygens (including phenoxy) is 3. The Bertz CT molecular complexity index is 1240. The van der Waals surface area contributed by atoms with Crippen LogP contribution in [0.25, 0.3) is 22.4 Å². The number of para-hydroxylation sites is 2. The first-order chi connectivity index (χ1) is 16.4. The number of rotatable bonds is 9. The summed E-state index contributed by atoms with van der Waals surface area (Å²) in [6, 6.07) is 22.7. The third-order valence-corrected chi connectivity index (χ3v) is 6.06. The number of nitrogens with zero attached hydrogens (tertiary/aromatic N) is 2. The normalized spacial score (nSPS) is 11.6. The molecule has 0 saturated heterocycles. The van der Waals surface area contributed by atoms with Crippen molar-refractivity contribution in [3.63, 3.8) is 0 Å². The Morgan fingerprint density at radius 3 is 2.26 bits per heavy atom. The number of hydrogen-bond donors (Lipinski definition) is 0. The summed E-state index contributed by atoms with van der Waals surface area (Å²) in [4.78, 5) is 4.92. The van der Waals surface area contributed by atoms with Gasteiger partial charge in [0.1, 0.15) is 11.6 Å². The molecule has 0 aliphatic heterocycles. The molecule has 0 unspecified atom stereocenters. The first-order valence-corrected chi connectivity index (χ1v) is 11.8. The molecule has 0 N–H and O–H groups in total. The Kier molecular flexibility index (Phi) is 7.11. The van der Waals surface area contributed by atoms with Crippen LogP contribution in [0.4, 0.5) is 0 Å². The van der Waals surface area contributed by atoms with Crippen molar-refractivity contribution in [3.8, 4) is 28.6 Å². The second-order valence-corrected chi connectivity index (χ2v) is 9.48. The van der Waals surface area contributed by atoms with Crippen LogP contribution in [0.5, 0.6) is 17.2 Å². The number of benzene rings is 3. The SMILES string of the molecule is COc1ccc(-c2nc3ccccc3n2CCCCOc2ccc(C(C)(C)C)cc2)cc1OC. The highest BCUT2D eigenvalue weighted by atomic mass is 16.5. The average molecular weight is 459 g/mol. The van der Waals surface area contributed by atoms with E-state index < -0.39 is 0 Å². The monoisotopic (exact) mass is 458 g/mol. The Morgan fingerprint density at radius 1 is 0.824 bits per heavy atom. The molecule has 1 aromatic heterocycles.